The van der Waals surface area contributed by atoms with Crippen molar-refractivity contribution in [2.24, 2.45) is 7.05 Å². The van der Waals surface area contributed by atoms with Crippen LogP contribution >= 0.6 is 0 Å². The van der Waals surface area contributed by atoms with E-state index in [1.165, 1.54) is 0 Å². The monoisotopic (exact) mass is 376 g/mol. The van der Waals surface area contributed by atoms with E-state index in [2.05, 4.69) is 10.1 Å². The molecule has 8 heteroatoms. The third-order valence-corrected chi connectivity index (χ3v) is 4.74. The first kappa shape index (κ1) is 17.9. The Morgan fingerprint density at radius 3 is 2.85 bits per heavy atom. The second-order valence-corrected chi connectivity index (χ2v) is 6.75. The van der Waals surface area contributed by atoms with Crippen molar-refractivity contribution in [2.75, 3.05) is 19.7 Å². The SMILES string of the molecule is Cn1cc(-c2ccnc3cc(CN4CCO[C@H](C(F)(F)F)C4)ccc23)cn1. The molecule has 3 heterocycles. The summed E-state index contributed by atoms with van der Waals surface area (Å²) in [5, 5.41) is 5.20. The van der Waals surface area contributed by atoms with E-state index in [0.29, 0.717) is 13.1 Å². The summed E-state index contributed by atoms with van der Waals surface area (Å²) in [6.07, 6.45) is -0.575. The van der Waals surface area contributed by atoms with Crippen LogP contribution in [0.25, 0.3) is 22.0 Å². The summed E-state index contributed by atoms with van der Waals surface area (Å²) in [6, 6.07) is 7.80. The Labute approximate surface area is 154 Å². The molecule has 0 N–H and O–H groups in total. The molecule has 1 aliphatic heterocycles. The first-order valence-electron chi connectivity index (χ1n) is 8.67. The number of pyridine rings is 1. The number of morpholine rings is 1. The van der Waals surface area contributed by atoms with Gasteiger partial charge in [0.1, 0.15) is 0 Å². The van der Waals surface area contributed by atoms with E-state index in [1.807, 2.05) is 37.5 Å². The van der Waals surface area contributed by atoms with Gasteiger partial charge in [0.15, 0.2) is 6.10 Å². The lowest BCUT2D eigenvalue weighted by Gasteiger charge is -2.33. The summed E-state index contributed by atoms with van der Waals surface area (Å²) < 4.78 is 45.3. The van der Waals surface area contributed by atoms with Crippen LogP contribution in [0.2, 0.25) is 0 Å². The van der Waals surface area contributed by atoms with Gasteiger partial charge in [-0.15, -0.1) is 0 Å². The molecular weight excluding hydrogens is 357 g/mol. The highest BCUT2D eigenvalue weighted by molar-refractivity contribution is 5.94. The Morgan fingerprint density at radius 2 is 2.11 bits per heavy atom. The fourth-order valence-corrected chi connectivity index (χ4v) is 3.41. The van der Waals surface area contributed by atoms with Crippen LogP contribution in [0.4, 0.5) is 13.2 Å². The van der Waals surface area contributed by atoms with Crippen LogP contribution in [0.15, 0.2) is 42.9 Å². The number of alkyl halides is 3. The highest BCUT2D eigenvalue weighted by atomic mass is 19.4. The second-order valence-electron chi connectivity index (χ2n) is 6.75. The normalized spacial score (nSPS) is 18.9. The maximum Gasteiger partial charge on any atom is 0.415 e. The molecule has 4 rings (SSSR count). The molecule has 142 valence electrons. The molecule has 5 nitrogen and oxygen atoms in total. The summed E-state index contributed by atoms with van der Waals surface area (Å²) in [5.41, 5.74) is 3.78. The van der Waals surface area contributed by atoms with Crippen LogP contribution in [0.3, 0.4) is 0 Å². The first-order chi connectivity index (χ1) is 12.9. The van der Waals surface area contributed by atoms with Crippen molar-refractivity contribution in [3.63, 3.8) is 0 Å². The minimum atomic E-state index is -4.33. The molecular formula is C19H19F3N4O. The molecule has 27 heavy (non-hydrogen) atoms. The van der Waals surface area contributed by atoms with E-state index in [1.54, 1.807) is 22.0 Å². The van der Waals surface area contributed by atoms with Crippen LogP contribution in [0, 0.1) is 0 Å². The van der Waals surface area contributed by atoms with E-state index in [-0.39, 0.29) is 13.2 Å². The van der Waals surface area contributed by atoms with Crippen molar-refractivity contribution in [1.82, 2.24) is 19.7 Å². The number of hydrogen-bond donors (Lipinski definition) is 0. The van der Waals surface area contributed by atoms with Crippen molar-refractivity contribution in [2.45, 2.75) is 18.8 Å². The van der Waals surface area contributed by atoms with Crippen LogP contribution < -0.4 is 0 Å². The zero-order chi connectivity index (χ0) is 19.0. The minimum absolute atomic E-state index is 0.0845. The summed E-state index contributed by atoms with van der Waals surface area (Å²) in [4.78, 5) is 6.20. The average Bonchev–Trinajstić information content (AvgIpc) is 3.07. The summed E-state index contributed by atoms with van der Waals surface area (Å²) in [7, 11) is 1.86. The molecule has 1 saturated heterocycles. The lowest BCUT2D eigenvalue weighted by molar-refractivity contribution is -0.237. The van der Waals surface area contributed by atoms with Crippen molar-refractivity contribution in [1.29, 1.82) is 0 Å². The van der Waals surface area contributed by atoms with E-state index in [4.69, 9.17) is 4.74 Å². The molecule has 0 radical (unpaired) electrons. The molecule has 1 aromatic carbocycles. The Morgan fingerprint density at radius 1 is 1.26 bits per heavy atom. The number of rotatable bonds is 3. The third-order valence-electron chi connectivity index (χ3n) is 4.74. The predicted molar refractivity (Wildman–Crippen MR) is 95.0 cm³/mol. The quantitative estimate of drug-likeness (QED) is 0.703. The Kier molecular flexibility index (Phi) is 4.61. The van der Waals surface area contributed by atoms with Gasteiger partial charge in [0.2, 0.25) is 0 Å². The van der Waals surface area contributed by atoms with Gasteiger partial charge < -0.3 is 4.74 Å². The summed E-state index contributed by atoms with van der Waals surface area (Å²) in [5.74, 6) is 0. The summed E-state index contributed by atoms with van der Waals surface area (Å²) in [6.45, 7) is 0.851. The summed E-state index contributed by atoms with van der Waals surface area (Å²) >= 11 is 0. The predicted octanol–water partition coefficient (Wildman–Crippen LogP) is 3.40. The lowest BCUT2D eigenvalue weighted by Crippen LogP contribution is -2.48. The number of aryl methyl sites for hydroxylation is 1. The molecule has 1 fully saturated rings. The number of nitrogens with zero attached hydrogens (tertiary/aromatic N) is 4. The molecule has 1 atom stereocenters. The largest absolute Gasteiger partial charge is 0.415 e. The molecule has 0 saturated carbocycles. The maximum absolute atomic E-state index is 12.9. The average molecular weight is 376 g/mol. The van der Waals surface area contributed by atoms with Crippen LogP contribution in [0.5, 0.6) is 0 Å². The van der Waals surface area contributed by atoms with Crippen LogP contribution in [-0.2, 0) is 18.3 Å². The van der Waals surface area contributed by atoms with Gasteiger partial charge in [0.25, 0.3) is 0 Å². The van der Waals surface area contributed by atoms with Crippen LogP contribution in [0.1, 0.15) is 5.56 Å². The Bertz CT molecular complexity index is 954. The van der Waals surface area contributed by atoms with E-state index in [9.17, 15) is 13.2 Å². The van der Waals surface area contributed by atoms with Crippen molar-refractivity contribution < 1.29 is 17.9 Å². The fraction of sp³-hybridized carbons (Fsp3) is 0.368. The fourth-order valence-electron chi connectivity index (χ4n) is 3.41. The molecule has 2 aromatic heterocycles. The number of ether oxygens (including phenoxy) is 1. The van der Waals surface area contributed by atoms with Crippen LogP contribution in [-0.4, -0.2) is 51.6 Å². The van der Waals surface area contributed by atoms with Gasteiger partial charge in [-0.3, -0.25) is 14.6 Å². The molecule has 0 unspecified atom stereocenters. The molecule has 3 aromatic rings. The van der Waals surface area contributed by atoms with Crippen molar-refractivity contribution in [3.05, 3.63) is 48.4 Å². The zero-order valence-corrected chi connectivity index (χ0v) is 14.8. The number of halogens is 3. The molecule has 0 bridgehead atoms. The van der Waals surface area contributed by atoms with E-state index >= 15 is 0 Å². The number of fused-ring (bicyclic) bond motifs is 1. The lowest BCUT2D eigenvalue weighted by atomic mass is 10.0. The molecule has 0 aliphatic carbocycles. The van der Waals surface area contributed by atoms with Gasteiger partial charge in [-0.25, -0.2) is 0 Å². The zero-order valence-electron chi connectivity index (χ0n) is 14.8. The number of aromatic nitrogens is 3. The topological polar surface area (TPSA) is 43.2 Å². The van der Waals surface area contributed by atoms with Crippen molar-refractivity contribution >= 4 is 10.9 Å². The first-order valence-corrected chi connectivity index (χ1v) is 8.67. The van der Waals surface area contributed by atoms with Gasteiger partial charge in [0.05, 0.1) is 18.3 Å². The maximum atomic E-state index is 12.9. The standard InChI is InChI=1S/C19H19F3N4O/c1-25-11-14(9-24-25)15-4-5-23-17-8-13(2-3-16(15)17)10-26-6-7-27-18(12-26)19(20,21)22/h2-5,8-9,11,18H,6-7,10,12H2,1H3/t18-/m0/s1. The highest BCUT2D eigenvalue weighted by Gasteiger charge is 2.43. The van der Waals surface area contributed by atoms with Gasteiger partial charge in [-0.1, -0.05) is 12.1 Å². The molecule has 0 spiro atoms. The number of hydrogen-bond acceptors (Lipinski definition) is 4. The molecule has 1 aliphatic rings. The van der Waals surface area contributed by atoms with Gasteiger partial charge in [-0.05, 0) is 23.3 Å². The third kappa shape index (κ3) is 3.81. The Balaban J connectivity index is 1.57. The minimum Gasteiger partial charge on any atom is -0.366 e. The van der Waals surface area contributed by atoms with E-state index < -0.39 is 12.3 Å². The van der Waals surface area contributed by atoms with Gasteiger partial charge in [0, 0.05) is 50.0 Å². The van der Waals surface area contributed by atoms with Gasteiger partial charge in [-0.2, -0.15) is 18.3 Å². The van der Waals surface area contributed by atoms with E-state index in [0.717, 1.165) is 27.6 Å². The Hall–Kier alpha value is -2.45. The van der Waals surface area contributed by atoms with Crippen molar-refractivity contribution in [3.8, 4) is 11.1 Å². The second kappa shape index (κ2) is 6.94. The van der Waals surface area contributed by atoms with Gasteiger partial charge >= 0.3 is 6.18 Å². The number of benzene rings is 1. The highest BCUT2D eigenvalue weighted by Crippen LogP contribution is 2.29. The smallest absolute Gasteiger partial charge is 0.366 e. The molecule has 0 amide bonds.